The van der Waals surface area contributed by atoms with E-state index in [1.54, 1.807) is 11.3 Å². The molecule has 1 aliphatic carbocycles. The van der Waals surface area contributed by atoms with Gasteiger partial charge >= 0.3 is 0 Å². The molecular weight excluding hydrogens is 266 g/mol. The first kappa shape index (κ1) is 13.8. The molecular formula is C16H23N3S. The number of hydrogen-bond donors (Lipinski definition) is 1. The molecule has 2 aromatic rings. The van der Waals surface area contributed by atoms with Crippen molar-refractivity contribution < 1.29 is 0 Å². The molecule has 1 atom stereocenters. The van der Waals surface area contributed by atoms with E-state index >= 15 is 0 Å². The van der Waals surface area contributed by atoms with Gasteiger partial charge in [0.2, 0.25) is 0 Å². The number of thiazole rings is 1. The summed E-state index contributed by atoms with van der Waals surface area (Å²) >= 11 is 1.73. The normalized spacial score (nSPS) is 18.2. The number of hydrogen-bond acceptors (Lipinski definition) is 3. The Hall–Kier alpha value is -1.13. The first-order valence-electron chi connectivity index (χ1n) is 7.59. The average Bonchev–Trinajstić information content (AvgIpc) is 3.02. The van der Waals surface area contributed by atoms with Crippen molar-refractivity contribution in [2.75, 3.05) is 6.54 Å². The molecule has 0 aromatic carbocycles. The average molecular weight is 289 g/mol. The predicted molar refractivity (Wildman–Crippen MR) is 84.4 cm³/mol. The van der Waals surface area contributed by atoms with Crippen LogP contribution in [0.1, 0.15) is 54.1 Å². The van der Waals surface area contributed by atoms with Crippen LogP contribution in [-0.4, -0.2) is 16.1 Å². The molecule has 0 fully saturated rings. The molecule has 0 saturated carbocycles. The molecule has 0 bridgehead atoms. The summed E-state index contributed by atoms with van der Waals surface area (Å²) in [7, 11) is 0. The molecule has 2 heterocycles. The van der Waals surface area contributed by atoms with Crippen LogP contribution >= 0.6 is 11.3 Å². The van der Waals surface area contributed by atoms with Crippen molar-refractivity contribution in [1.82, 2.24) is 14.9 Å². The monoisotopic (exact) mass is 289 g/mol. The largest absolute Gasteiger partial charge is 0.348 e. The van der Waals surface area contributed by atoms with E-state index in [0.717, 1.165) is 18.1 Å². The van der Waals surface area contributed by atoms with Crippen LogP contribution in [-0.2, 0) is 13.0 Å². The Morgan fingerprint density at radius 3 is 3.10 bits per heavy atom. The first-order valence-corrected chi connectivity index (χ1v) is 8.47. The summed E-state index contributed by atoms with van der Waals surface area (Å²) in [6.45, 7) is 6.31. The number of aryl methyl sites for hydroxylation is 2. The minimum Gasteiger partial charge on any atom is -0.348 e. The van der Waals surface area contributed by atoms with Gasteiger partial charge in [0.15, 0.2) is 0 Å². The summed E-state index contributed by atoms with van der Waals surface area (Å²) in [5.41, 5.74) is 4.21. The molecule has 0 radical (unpaired) electrons. The van der Waals surface area contributed by atoms with E-state index in [9.17, 15) is 0 Å². The van der Waals surface area contributed by atoms with Crippen LogP contribution in [0.2, 0.25) is 0 Å². The van der Waals surface area contributed by atoms with Crippen LogP contribution in [0.5, 0.6) is 0 Å². The van der Waals surface area contributed by atoms with Crippen LogP contribution in [0.15, 0.2) is 17.8 Å². The summed E-state index contributed by atoms with van der Waals surface area (Å²) in [5, 5.41) is 7.00. The van der Waals surface area contributed by atoms with Crippen molar-refractivity contribution >= 4 is 11.3 Å². The Morgan fingerprint density at radius 1 is 1.45 bits per heavy atom. The lowest BCUT2D eigenvalue weighted by Crippen LogP contribution is -2.24. The SMILES string of the molecule is CCCNC1CCCc2cn(Cc3csc(C)n3)cc21. The molecule has 0 amide bonds. The third-order valence-corrected chi connectivity index (χ3v) is 4.79. The van der Waals surface area contributed by atoms with Crippen LogP contribution in [0.25, 0.3) is 0 Å². The summed E-state index contributed by atoms with van der Waals surface area (Å²) < 4.78 is 2.31. The molecule has 1 aliphatic rings. The topological polar surface area (TPSA) is 29.9 Å². The number of aromatic nitrogens is 2. The van der Waals surface area contributed by atoms with Gasteiger partial charge in [0.1, 0.15) is 0 Å². The van der Waals surface area contributed by atoms with Crippen molar-refractivity contribution in [3.8, 4) is 0 Å². The molecule has 108 valence electrons. The van der Waals surface area contributed by atoms with Crippen molar-refractivity contribution in [2.45, 2.75) is 52.1 Å². The maximum atomic E-state index is 4.56. The Morgan fingerprint density at radius 2 is 2.35 bits per heavy atom. The Bertz CT molecular complexity index is 570. The van der Waals surface area contributed by atoms with Crippen LogP contribution < -0.4 is 5.32 Å². The fourth-order valence-electron chi connectivity index (χ4n) is 3.04. The molecule has 3 rings (SSSR count). The fourth-order valence-corrected chi connectivity index (χ4v) is 3.64. The van der Waals surface area contributed by atoms with Gasteiger partial charge in [-0.1, -0.05) is 6.92 Å². The molecule has 1 N–H and O–H groups in total. The van der Waals surface area contributed by atoms with Gasteiger partial charge in [-0.15, -0.1) is 11.3 Å². The highest BCUT2D eigenvalue weighted by molar-refractivity contribution is 7.09. The predicted octanol–water partition coefficient (Wildman–Crippen LogP) is 3.68. The highest BCUT2D eigenvalue weighted by Gasteiger charge is 2.21. The lowest BCUT2D eigenvalue weighted by molar-refractivity contribution is 0.462. The number of nitrogens with one attached hydrogen (secondary N) is 1. The maximum Gasteiger partial charge on any atom is 0.0898 e. The van der Waals surface area contributed by atoms with Crippen molar-refractivity contribution in [2.24, 2.45) is 0 Å². The second-order valence-corrected chi connectivity index (χ2v) is 6.73. The summed E-state index contributed by atoms with van der Waals surface area (Å²) in [5.74, 6) is 0. The van der Waals surface area contributed by atoms with E-state index in [1.807, 2.05) is 0 Å². The first-order chi connectivity index (χ1) is 9.76. The van der Waals surface area contributed by atoms with Gasteiger partial charge in [0, 0.05) is 23.8 Å². The van der Waals surface area contributed by atoms with Gasteiger partial charge in [0.05, 0.1) is 17.2 Å². The maximum absolute atomic E-state index is 4.56. The van der Waals surface area contributed by atoms with Gasteiger partial charge in [0.25, 0.3) is 0 Å². The quantitative estimate of drug-likeness (QED) is 0.910. The van der Waals surface area contributed by atoms with Crippen LogP contribution in [0.4, 0.5) is 0 Å². The molecule has 0 saturated heterocycles. The molecule has 1 unspecified atom stereocenters. The second kappa shape index (κ2) is 6.10. The second-order valence-electron chi connectivity index (χ2n) is 5.67. The number of nitrogens with zero attached hydrogens (tertiary/aromatic N) is 2. The minimum atomic E-state index is 0.553. The van der Waals surface area contributed by atoms with E-state index in [0.29, 0.717) is 6.04 Å². The van der Waals surface area contributed by atoms with Gasteiger partial charge in [-0.3, -0.25) is 0 Å². The van der Waals surface area contributed by atoms with Crippen LogP contribution in [0.3, 0.4) is 0 Å². The Labute approximate surface area is 125 Å². The molecule has 0 aliphatic heterocycles. The third-order valence-electron chi connectivity index (χ3n) is 3.96. The lowest BCUT2D eigenvalue weighted by atomic mass is 9.91. The summed E-state index contributed by atoms with van der Waals surface area (Å²) in [4.78, 5) is 4.56. The Balaban J connectivity index is 1.76. The lowest BCUT2D eigenvalue weighted by Gasteiger charge is -2.23. The minimum absolute atomic E-state index is 0.553. The highest BCUT2D eigenvalue weighted by atomic mass is 32.1. The van der Waals surface area contributed by atoms with E-state index in [2.05, 4.69) is 46.5 Å². The molecule has 0 spiro atoms. The Kier molecular flexibility index (Phi) is 4.22. The van der Waals surface area contributed by atoms with Gasteiger partial charge in [-0.25, -0.2) is 4.98 Å². The van der Waals surface area contributed by atoms with Gasteiger partial charge in [-0.05, 0) is 50.3 Å². The van der Waals surface area contributed by atoms with Crippen molar-refractivity contribution in [3.05, 3.63) is 39.6 Å². The van der Waals surface area contributed by atoms with Crippen LogP contribution in [0, 0.1) is 6.92 Å². The molecule has 3 nitrogen and oxygen atoms in total. The molecule has 20 heavy (non-hydrogen) atoms. The van der Waals surface area contributed by atoms with Gasteiger partial charge < -0.3 is 9.88 Å². The zero-order valence-corrected chi connectivity index (χ0v) is 13.2. The highest BCUT2D eigenvalue weighted by Crippen LogP contribution is 2.30. The summed E-state index contributed by atoms with van der Waals surface area (Å²) in [6.07, 6.45) is 9.65. The van der Waals surface area contributed by atoms with E-state index in [1.165, 1.54) is 42.5 Å². The zero-order valence-electron chi connectivity index (χ0n) is 12.4. The molecule has 2 aromatic heterocycles. The standard InChI is InChI=1S/C16H23N3S/c1-3-7-17-16-6-4-5-13-8-19(10-15(13)16)9-14-11-20-12(2)18-14/h8,10-11,16-17H,3-7,9H2,1-2H3. The fraction of sp³-hybridized carbons (Fsp3) is 0.562. The summed E-state index contributed by atoms with van der Waals surface area (Å²) in [6, 6.07) is 0.553. The molecule has 4 heteroatoms. The van der Waals surface area contributed by atoms with Crippen molar-refractivity contribution in [3.63, 3.8) is 0 Å². The third kappa shape index (κ3) is 2.96. The number of fused-ring (bicyclic) bond motifs is 1. The van der Waals surface area contributed by atoms with E-state index in [-0.39, 0.29) is 0 Å². The van der Waals surface area contributed by atoms with E-state index < -0.39 is 0 Å². The smallest absolute Gasteiger partial charge is 0.0898 e. The van der Waals surface area contributed by atoms with Crippen molar-refractivity contribution in [1.29, 1.82) is 0 Å². The van der Waals surface area contributed by atoms with Gasteiger partial charge in [-0.2, -0.15) is 0 Å². The number of rotatable bonds is 5. The zero-order chi connectivity index (χ0) is 13.9. The van der Waals surface area contributed by atoms with E-state index in [4.69, 9.17) is 0 Å².